The first kappa shape index (κ1) is 19.6. The third-order valence-corrected chi connectivity index (χ3v) is 9.97. The molecule has 6 heteroatoms. The summed E-state index contributed by atoms with van der Waals surface area (Å²) in [5, 5.41) is 0. The molecule has 0 amide bonds. The Hall–Kier alpha value is -2.31. The second-order valence-corrected chi connectivity index (χ2v) is 11.1. The van der Waals surface area contributed by atoms with Crippen molar-refractivity contribution in [3.8, 4) is 0 Å². The smallest absolute Gasteiger partial charge is 0.191 e. The molecule has 5 atom stereocenters. The number of benzene rings is 2. The first-order valence-electron chi connectivity index (χ1n) is 10.6. The third-order valence-electron chi connectivity index (χ3n) is 7.46. The van der Waals surface area contributed by atoms with E-state index in [0.29, 0.717) is 19.3 Å². The number of carbonyl (C=O) groups excluding carboxylic acids is 2. The van der Waals surface area contributed by atoms with Crippen LogP contribution in [0.4, 0.5) is 0 Å². The topological polar surface area (TPSA) is 94.3 Å². The molecule has 2 aromatic rings. The van der Waals surface area contributed by atoms with Crippen molar-refractivity contribution in [2.24, 2.45) is 11.7 Å². The number of hydrogen-bond donors (Lipinski definition) is 1. The molecule has 2 bridgehead atoms. The van der Waals surface area contributed by atoms with Crippen molar-refractivity contribution < 1.29 is 18.0 Å². The lowest BCUT2D eigenvalue weighted by molar-refractivity contribution is -0.127. The van der Waals surface area contributed by atoms with Crippen LogP contribution in [0.1, 0.15) is 55.1 Å². The molecule has 2 saturated carbocycles. The molecule has 0 aliphatic heterocycles. The molecule has 3 unspecified atom stereocenters. The molecule has 0 aromatic heterocycles. The van der Waals surface area contributed by atoms with E-state index in [1.165, 1.54) is 0 Å². The van der Waals surface area contributed by atoms with Crippen molar-refractivity contribution in [1.82, 2.24) is 0 Å². The highest BCUT2D eigenvalue weighted by Gasteiger charge is 2.68. The van der Waals surface area contributed by atoms with Gasteiger partial charge in [-0.1, -0.05) is 42.5 Å². The number of rotatable bonds is 4. The summed E-state index contributed by atoms with van der Waals surface area (Å²) in [5.74, 6) is -1.76. The van der Waals surface area contributed by atoms with Gasteiger partial charge in [0.1, 0.15) is 10.5 Å². The predicted molar refractivity (Wildman–Crippen MR) is 113 cm³/mol. The Morgan fingerprint density at radius 3 is 2.33 bits per heavy atom. The van der Waals surface area contributed by atoms with Gasteiger partial charge in [0.2, 0.25) is 0 Å². The Balaban J connectivity index is 1.71. The molecule has 0 spiro atoms. The molecule has 2 N–H and O–H groups in total. The molecule has 5 rings (SSSR count). The minimum absolute atomic E-state index is 0.0137. The van der Waals surface area contributed by atoms with E-state index in [1.807, 2.05) is 24.3 Å². The standard InChI is InChI=1S/C24H25NO4S/c25-21-11-6-12-22(26)19(21)14-24(30(28,29)15-7-2-1-3-8-15)20-13-18(23(24)27)16-9-4-5-10-17(16)20/h1-5,7-10,18-21H,6,11-14,25H2/t18?,19-,20?,21+,24?/m0/s1. The van der Waals surface area contributed by atoms with E-state index in [0.717, 1.165) is 17.5 Å². The summed E-state index contributed by atoms with van der Waals surface area (Å²) in [6, 6.07) is 15.4. The average molecular weight is 424 g/mol. The minimum atomic E-state index is -4.03. The van der Waals surface area contributed by atoms with Gasteiger partial charge in [0, 0.05) is 30.2 Å². The number of nitrogens with two attached hydrogens (primary N) is 1. The van der Waals surface area contributed by atoms with Crippen LogP contribution < -0.4 is 5.73 Å². The number of Topliss-reactive ketones (excluding diaryl/α,β-unsaturated/α-hetero) is 2. The van der Waals surface area contributed by atoms with Gasteiger partial charge < -0.3 is 5.73 Å². The molecule has 0 saturated heterocycles. The van der Waals surface area contributed by atoms with Gasteiger partial charge in [-0.15, -0.1) is 0 Å². The van der Waals surface area contributed by atoms with Crippen molar-refractivity contribution in [1.29, 1.82) is 0 Å². The first-order valence-corrected chi connectivity index (χ1v) is 12.1. The van der Waals surface area contributed by atoms with Gasteiger partial charge in [0.15, 0.2) is 15.6 Å². The summed E-state index contributed by atoms with van der Waals surface area (Å²) in [6.45, 7) is 0. The van der Waals surface area contributed by atoms with Crippen molar-refractivity contribution in [2.75, 3.05) is 0 Å². The van der Waals surface area contributed by atoms with Gasteiger partial charge in [-0.3, -0.25) is 9.59 Å². The number of sulfone groups is 1. The fraction of sp³-hybridized carbons (Fsp3) is 0.417. The Labute approximate surface area is 176 Å². The lowest BCUT2D eigenvalue weighted by atomic mass is 9.72. The lowest BCUT2D eigenvalue weighted by Gasteiger charge is -2.40. The molecule has 0 radical (unpaired) electrons. The summed E-state index contributed by atoms with van der Waals surface area (Å²) in [5.41, 5.74) is 8.16. The summed E-state index contributed by atoms with van der Waals surface area (Å²) in [4.78, 5) is 26.7. The van der Waals surface area contributed by atoms with E-state index in [9.17, 15) is 18.0 Å². The zero-order valence-electron chi connectivity index (χ0n) is 16.7. The van der Waals surface area contributed by atoms with Crippen molar-refractivity contribution in [2.45, 2.75) is 59.6 Å². The fourth-order valence-electron chi connectivity index (χ4n) is 6.00. The predicted octanol–water partition coefficient (Wildman–Crippen LogP) is 3.14. The van der Waals surface area contributed by atoms with E-state index in [2.05, 4.69) is 0 Å². The second-order valence-electron chi connectivity index (χ2n) is 8.87. The van der Waals surface area contributed by atoms with Crippen LogP contribution in [0.5, 0.6) is 0 Å². The highest BCUT2D eigenvalue weighted by Crippen LogP contribution is 2.62. The summed E-state index contributed by atoms with van der Waals surface area (Å²) >= 11 is 0. The third kappa shape index (κ3) is 2.53. The molecule has 5 nitrogen and oxygen atoms in total. The van der Waals surface area contributed by atoms with E-state index in [1.54, 1.807) is 30.3 Å². The number of fused-ring (bicyclic) bond motifs is 5. The monoisotopic (exact) mass is 423 g/mol. The SMILES string of the molecule is N[C@@H]1CCCC(=O)[C@H]1CC1(S(=O)(=O)c2ccccc2)C(=O)C2CC1c1ccccc12. The first-order chi connectivity index (χ1) is 14.4. The fourth-order valence-corrected chi connectivity index (χ4v) is 8.34. The highest BCUT2D eigenvalue weighted by molar-refractivity contribution is 7.93. The summed E-state index contributed by atoms with van der Waals surface area (Å²) in [7, 11) is -4.03. The van der Waals surface area contributed by atoms with Crippen LogP contribution in [0.2, 0.25) is 0 Å². The highest BCUT2D eigenvalue weighted by atomic mass is 32.2. The maximum atomic E-state index is 14.1. The quantitative estimate of drug-likeness (QED) is 0.815. The second kappa shape index (κ2) is 6.86. The van der Waals surface area contributed by atoms with E-state index in [4.69, 9.17) is 5.73 Å². The number of hydrogen-bond acceptors (Lipinski definition) is 5. The molecule has 2 fully saturated rings. The van der Waals surface area contributed by atoms with Crippen LogP contribution in [-0.2, 0) is 19.4 Å². The van der Waals surface area contributed by atoms with Crippen LogP contribution in [0, 0.1) is 5.92 Å². The minimum Gasteiger partial charge on any atom is -0.327 e. The Kier molecular flexibility index (Phi) is 4.49. The molecule has 0 heterocycles. The zero-order valence-corrected chi connectivity index (χ0v) is 17.5. The van der Waals surface area contributed by atoms with Crippen molar-refractivity contribution >= 4 is 21.4 Å². The summed E-state index contributed by atoms with van der Waals surface area (Å²) < 4.78 is 26.5. The van der Waals surface area contributed by atoms with Gasteiger partial charge in [-0.25, -0.2) is 8.42 Å². The van der Waals surface area contributed by atoms with E-state index >= 15 is 0 Å². The molecule has 30 heavy (non-hydrogen) atoms. The lowest BCUT2D eigenvalue weighted by Crippen LogP contribution is -2.54. The van der Waals surface area contributed by atoms with Gasteiger partial charge in [0.25, 0.3) is 0 Å². The Morgan fingerprint density at radius 1 is 0.967 bits per heavy atom. The number of ketones is 2. The molecule has 2 aromatic carbocycles. The van der Waals surface area contributed by atoms with Crippen molar-refractivity contribution in [3.63, 3.8) is 0 Å². The average Bonchev–Trinajstić information content (AvgIpc) is 3.27. The van der Waals surface area contributed by atoms with Crippen LogP contribution >= 0.6 is 0 Å². The summed E-state index contributed by atoms with van der Waals surface area (Å²) in [6.07, 6.45) is 2.27. The molecule has 156 valence electrons. The largest absolute Gasteiger partial charge is 0.327 e. The van der Waals surface area contributed by atoms with Crippen LogP contribution in [-0.4, -0.2) is 30.8 Å². The van der Waals surface area contributed by atoms with Gasteiger partial charge >= 0.3 is 0 Å². The van der Waals surface area contributed by atoms with E-state index < -0.39 is 38.4 Å². The maximum absolute atomic E-state index is 14.1. The Morgan fingerprint density at radius 2 is 1.63 bits per heavy atom. The van der Waals surface area contributed by atoms with Crippen LogP contribution in [0.15, 0.2) is 59.5 Å². The molecule has 3 aliphatic rings. The molecule has 3 aliphatic carbocycles. The molecular weight excluding hydrogens is 398 g/mol. The maximum Gasteiger partial charge on any atom is 0.191 e. The van der Waals surface area contributed by atoms with E-state index in [-0.39, 0.29) is 22.9 Å². The van der Waals surface area contributed by atoms with Crippen molar-refractivity contribution in [3.05, 3.63) is 65.7 Å². The number of carbonyl (C=O) groups is 2. The van der Waals surface area contributed by atoms with Gasteiger partial charge in [-0.2, -0.15) is 0 Å². The molecular formula is C24H25NO4S. The van der Waals surface area contributed by atoms with Crippen LogP contribution in [0.3, 0.4) is 0 Å². The van der Waals surface area contributed by atoms with Gasteiger partial charge in [-0.05, 0) is 48.9 Å². The van der Waals surface area contributed by atoms with Gasteiger partial charge in [0.05, 0.1) is 4.90 Å². The Bertz CT molecular complexity index is 1130. The zero-order chi connectivity index (χ0) is 21.1. The van der Waals surface area contributed by atoms with Crippen LogP contribution in [0.25, 0.3) is 0 Å². The normalized spacial score (nSPS) is 33.0.